The molecule has 0 aromatic heterocycles. The SMILES string of the molecule is CC(C)(CNC1=NCCCN1)NC(=O)OC(C)(C)C.I. The van der Waals surface area contributed by atoms with Crippen LogP contribution in [0.25, 0.3) is 0 Å². The molecule has 1 aliphatic rings. The molecule has 0 aliphatic carbocycles. The molecule has 0 atom stereocenters. The van der Waals surface area contributed by atoms with E-state index in [4.69, 9.17) is 4.74 Å². The minimum Gasteiger partial charge on any atom is -0.444 e. The van der Waals surface area contributed by atoms with Crippen molar-refractivity contribution in [1.29, 1.82) is 0 Å². The summed E-state index contributed by atoms with van der Waals surface area (Å²) in [4.78, 5) is 16.0. The number of alkyl carbamates (subject to hydrolysis) is 1. The Morgan fingerprint density at radius 1 is 1.35 bits per heavy atom. The van der Waals surface area contributed by atoms with Crippen LogP contribution < -0.4 is 16.0 Å². The minimum absolute atomic E-state index is 0. The summed E-state index contributed by atoms with van der Waals surface area (Å²) in [7, 11) is 0. The van der Waals surface area contributed by atoms with Crippen LogP contribution >= 0.6 is 24.0 Å². The molecule has 7 heteroatoms. The molecule has 6 nitrogen and oxygen atoms in total. The Bertz CT molecular complexity index is 351. The van der Waals surface area contributed by atoms with Gasteiger partial charge in [0.1, 0.15) is 5.60 Å². The number of nitrogens with one attached hydrogen (secondary N) is 3. The fourth-order valence-electron chi connectivity index (χ4n) is 1.58. The van der Waals surface area contributed by atoms with E-state index in [-0.39, 0.29) is 24.0 Å². The van der Waals surface area contributed by atoms with Gasteiger partial charge in [-0.3, -0.25) is 4.99 Å². The van der Waals surface area contributed by atoms with E-state index in [1.165, 1.54) is 0 Å². The largest absolute Gasteiger partial charge is 0.444 e. The molecule has 1 aliphatic heterocycles. The first kappa shape index (κ1) is 19.3. The summed E-state index contributed by atoms with van der Waals surface area (Å²) < 4.78 is 5.24. The molecule has 0 spiro atoms. The summed E-state index contributed by atoms with van der Waals surface area (Å²) in [6.45, 7) is 11.8. The fourth-order valence-corrected chi connectivity index (χ4v) is 1.58. The van der Waals surface area contributed by atoms with Gasteiger partial charge >= 0.3 is 6.09 Å². The number of nitrogens with zero attached hydrogens (tertiary/aromatic N) is 1. The molecule has 3 N–H and O–H groups in total. The molecule has 0 bridgehead atoms. The zero-order valence-corrected chi connectivity index (χ0v) is 15.3. The smallest absolute Gasteiger partial charge is 0.408 e. The molecule has 1 rings (SSSR count). The molecule has 1 heterocycles. The van der Waals surface area contributed by atoms with Crippen molar-refractivity contribution in [2.45, 2.75) is 52.2 Å². The van der Waals surface area contributed by atoms with Crippen molar-refractivity contribution < 1.29 is 9.53 Å². The Hall–Kier alpha value is -0.730. The number of carbonyl (C=O) groups is 1. The molecule has 1 amide bonds. The van der Waals surface area contributed by atoms with Crippen LogP contribution in [0.5, 0.6) is 0 Å². The summed E-state index contributed by atoms with van der Waals surface area (Å²) in [6, 6.07) is 0. The van der Waals surface area contributed by atoms with Crippen LogP contribution in [0.1, 0.15) is 41.0 Å². The van der Waals surface area contributed by atoms with Gasteiger partial charge in [0.25, 0.3) is 0 Å². The number of amides is 1. The molecule has 0 saturated heterocycles. The quantitative estimate of drug-likeness (QED) is 0.635. The van der Waals surface area contributed by atoms with E-state index in [1.54, 1.807) is 0 Å². The summed E-state index contributed by atoms with van der Waals surface area (Å²) in [5, 5.41) is 9.22. The van der Waals surface area contributed by atoms with Gasteiger partial charge in [0.2, 0.25) is 0 Å². The third kappa shape index (κ3) is 8.44. The average molecular weight is 398 g/mol. The Labute approximate surface area is 138 Å². The summed E-state index contributed by atoms with van der Waals surface area (Å²) in [5.41, 5.74) is -0.896. The van der Waals surface area contributed by atoms with Gasteiger partial charge < -0.3 is 20.7 Å². The highest BCUT2D eigenvalue weighted by Crippen LogP contribution is 2.09. The van der Waals surface area contributed by atoms with Crippen molar-refractivity contribution in [2.24, 2.45) is 4.99 Å². The van der Waals surface area contributed by atoms with Crippen LogP contribution in [0.2, 0.25) is 0 Å². The van der Waals surface area contributed by atoms with E-state index in [0.29, 0.717) is 6.54 Å². The lowest BCUT2D eigenvalue weighted by Gasteiger charge is -2.29. The zero-order chi connectivity index (χ0) is 14.5. The van der Waals surface area contributed by atoms with Crippen LogP contribution in [0.15, 0.2) is 4.99 Å². The fraction of sp³-hybridized carbons (Fsp3) is 0.846. The number of hydrogen-bond donors (Lipinski definition) is 3. The van der Waals surface area contributed by atoms with E-state index in [0.717, 1.165) is 25.5 Å². The van der Waals surface area contributed by atoms with E-state index >= 15 is 0 Å². The van der Waals surface area contributed by atoms with Crippen molar-refractivity contribution in [3.05, 3.63) is 0 Å². The Morgan fingerprint density at radius 2 is 2.00 bits per heavy atom. The lowest BCUT2D eigenvalue weighted by Crippen LogP contribution is -2.54. The number of rotatable bonds is 3. The van der Waals surface area contributed by atoms with Crippen molar-refractivity contribution in [2.75, 3.05) is 19.6 Å². The molecule has 118 valence electrons. The highest BCUT2D eigenvalue weighted by atomic mass is 127. The second-order valence-corrected chi connectivity index (χ2v) is 6.37. The van der Waals surface area contributed by atoms with Crippen LogP contribution in [-0.4, -0.2) is 42.8 Å². The molecule has 20 heavy (non-hydrogen) atoms. The molecule has 0 unspecified atom stereocenters. The topological polar surface area (TPSA) is 74.8 Å². The molecule has 0 saturated carbocycles. The van der Waals surface area contributed by atoms with Crippen molar-refractivity contribution in [3.8, 4) is 0 Å². The Morgan fingerprint density at radius 3 is 2.50 bits per heavy atom. The van der Waals surface area contributed by atoms with E-state index < -0.39 is 17.2 Å². The summed E-state index contributed by atoms with van der Waals surface area (Å²) >= 11 is 0. The van der Waals surface area contributed by atoms with E-state index in [2.05, 4.69) is 20.9 Å². The number of ether oxygens (including phenoxy) is 1. The minimum atomic E-state index is -0.484. The van der Waals surface area contributed by atoms with Gasteiger partial charge in [0.05, 0.1) is 5.54 Å². The highest BCUT2D eigenvalue weighted by Gasteiger charge is 2.24. The monoisotopic (exact) mass is 398 g/mol. The van der Waals surface area contributed by atoms with Gasteiger partial charge in [-0.15, -0.1) is 24.0 Å². The highest BCUT2D eigenvalue weighted by molar-refractivity contribution is 14.0. The van der Waals surface area contributed by atoms with Gasteiger partial charge in [-0.2, -0.15) is 0 Å². The maximum absolute atomic E-state index is 11.7. The Kier molecular flexibility index (Phi) is 7.61. The van der Waals surface area contributed by atoms with Gasteiger partial charge in [0.15, 0.2) is 5.96 Å². The van der Waals surface area contributed by atoms with Crippen LogP contribution in [0.3, 0.4) is 0 Å². The molecule has 0 aromatic carbocycles. The summed E-state index contributed by atoms with van der Waals surface area (Å²) in [6.07, 6.45) is 0.655. The zero-order valence-electron chi connectivity index (χ0n) is 13.0. The first-order valence-electron chi connectivity index (χ1n) is 6.71. The first-order valence-corrected chi connectivity index (χ1v) is 6.71. The van der Waals surface area contributed by atoms with Crippen LogP contribution in [-0.2, 0) is 4.74 Å². The van der Waals surface area contributed by atoms with Crippen molar-refractivity contribution in [3.63, 3.8) is 0 Å². The third-order valence-electron chi connectivity index (χ3n) is 2.43. The van der Waals surface area contributed by atoms with Crippen molar-refractivity contribution >= 4 is 36.0 Å². The van der Waals surface area contributed by atoms with Crippen LogP contribution in [0.4, 0.5) is 4.79 Å². The lowest BCUT2D eigenvalue weighted by molar-refractivity contribution is 0.0474. The first-order chi connectivity index (χ1) is 8.68. The number of hydrogen-bond acceptors (Lipinski definition) is 5. The number of halogens is 1. The van der Waals surface area contributed by atoms with Crippen LogP contribution in [0, 0.1) is 0 Å². The van der Waals surface area contributed by atoms with Gasteiger partial charge in [-0.05, 0) is 41.0 Å². The molecular weight excluding hydrogens is 371 g/mol. The third-order valence-corrected chi connectivity index (χ3v) is 2.43. The molecule has 0 fully saturated rings. The second-order valence-electron chi connectivity index (χ2n) is 6.37. The van der Waals surface area contributed by atoms with Gasteiger partial charge in [-0.1, -0.05) is 0 Å². The van der Waals surface area contributed by atoms with E-state index in [1.807, 2.05) is 34.6 Å². The second kappa shape index (κ2) is 7.90. The number of guanidine groups is 1. The molecule has 0 aromatic rings. The maximum atomic E-state index is 11.7. The summed E-state index contributed by atoms with van der Waals surface area (Å²) in [5.74, 6) is 0.797. The molecular formula is C13H27IN4O2. The maximum Gasteiger partial charge on any atom is 0.408 e. The number of carbonyl (C=O) groups excluding carboxylic acids is 1. The normalized spacial score (nSPS) is 15.3. The van der Waals surface area contributed by atoms with Gasteiger partial charge in [0, 0.05) is 19.6 Å². The van der Waals surface area contributed by atoms with Gasteiger partial charge in [-0.25, -0.2) is 4.79 Å². The lowest BCUT2D eigenvalue weighted by atomic mass is 10.1. The predicted octanol–water partition coefficient (Wildman–Crippen LogP) is 1.85. The predicted molar refractivity (Wildman–Crippen MR) is 91.8 cm³/mol. The van der Waals surface area contributed by atoms with E-state index in [9.17, 15) is 4.79 Å². The average Bonchev–Trinajstić information content (AvgIpc) is 2.24. The molecule has 0 radical (unpaired) electrons. The standard InChI is InChI=1S/C13H26N4O2.HI/c1-12(2,3)19-11(18)17-13(4,5)9-16-10-14-7-6-8-15-10;/h6-9H2,1-5H3,(H,17,18)(H2,14,15,16);1H. The van der Waals surface area contributed by atoms with Crippen molar-refractivity contribution in [1.82, 2.24) is 16.0 Å². The Balaban J connectivity index is 0.00000361. The number of aliphatic imine (C=N–C) groups is 1.